The molecule has 0 aromatic heterocycles. The van der Waals surface area contributed by atoms with Gasteiger partial charge in [0.25, 0.3) is 10.0 Å². The second kappa shape index (κ2) is 9.49. The van der Waals surface area contributed by atoms with Gasteiger partial charge in [-0.1, -0.05) is 12.1 Å². The van der Waals surface area contributed by atoms with Crippen LogP contribution in [0, 0.1) is 5.82 Å². The van der Waals surface area contributed by atoms with Crippen molar-refractivity contribution in [1.29, 1.82) is 0 Å². The van der Waals surface area contributed by atoms with Crippen molar-refractivity contribution in [2.45, 2.75) is 11.1 Å². The number of anilines is 2. The fourth-order valence-corrected chi connectivity index (χ4v) is 4.38. The first-order chi connectivity index (χ1) is 15.5. The molecule has 33 heavy (non-hydrogen) atoms. The smallest absolute Gasteiger partial charge is 0.418 e. The predicted molar refractivity (Wildman–Crippen MR) is 114 cm³/mol. The van der Waals surface area contributed by atoms with Crippen LogP contribution in [-0.4, -0.2) is 28.0 Å². The number of nitrogens with one attached hydrogen (secondary N) is 1. The Labute approximate surface area is 187 Å². The van der Waals surface area contributed by atoms with Crippen molar-refractivity contribution < 1.29 is 35.5 Å². The molecule has 1 N–H and O–H groups in total. The lowest BCUT2D eigenvalue weighted by Gasteiger charge is -2.24. The van der Waals surface area contributed by atoms with Crippen molar-refractivity contribution >= 4 is 27.3 Å². The summed E-state index contributed by atoms with van der Waals surface area (Å²) < 4.78 is 85.3. The highest BCUT2D eigenvalue weighted by Gasteiger charge is 2.34. The summed E-state index contributed by atoms with van der Waals surface area (Å²) in [6.07, 6.45) is -4.73. The summed E-state index contributed by atoms with van der Waals surface area (Å²) in [6.45, 7) is -0.855. The molecule has 0 saturated heterocycles. The van der Waals surface area contributed by atoms with Gasteiger partial charge in [-0.3, -0.25) is 9.10 Å². The van der Waals surface area contributed by atoms with Gasteiger partial charge in [0.05, 0.1) is 28.9 Å². The largest absolute Gasteiger partial charge is 0.497 e. The van der Waals surface area contributed by atoms with Gasteiger partial charge in [-0.05, 0) is 60.7 Å². The molecule has 0 bridgehead atoms. The topological polar surface area (TPSA) is 75.7 Å². The Balaban J connectivity index is 1.96. The monoisotopic (exact) mass is 482 g/mol. The second-order valence-electron chi connectivity index (χ2n) is 6.76. The Kier molecular flexibility index (Phi) is 6.92. The molecule has 1 amide bonds. The molecule has 0 aliphatic carbocycles. The van der Waals surface area contributed by atoms with Crippen LogP contribution >= 0.6 is 0 Å². The molecule has 0 fully saturated rings. The number of benzene rings is 3. The van der Waals surface area contributed by atoms with Crippen LogP contribution in [0.2, 0.25) is 0 Å². The molecule has 3 aromatic rings. The molecule has 0 aliphatic heterocycles. The number of sulfonamides is 1. The van der Waals surface area contributed by atoms with Crippen LogP contribution in [0.1, 0.15) is 5.56 Å². The summed E-state index contributed by atoms with van der Waals surface area (Å²) in [5, 5.41) is 2.11. The number of ether oxygens (including phenoxy) is 1. The number of halogens is 4. The van der Waals surface area contributed by atoms with E-state index in [-0.39, 0.29) is 10.6 Å². The van der Waals surface area contributed by atoms with Crippen molar-refractivity contribution in [2.75, 3.05) is 23.3 Å². The predicted octanol–water partition coefficient (Wildman–Crippen LogP) is 4.69. The lowest BCUT2D eigenvalue weighted by Crippen LogP contribution is -2.38. The molecule has 0 spiro atoms. The third-order valence-corrected chi connectivity index (χ3v) is 6.34. The van der Waals surface area contributed by atoms with Crippen molar-refractivity contribution in [3.8, 4) is 5.75 Å². The van der Waals surface area contributed by atoms with Crippen LogP contribution in [0.3, 0.4) is 0 Å². The summed E-state index contributed by atoms with van der Waals surface area (Å²) in [6, 6.07) is 13.9. The number of alkyl halides is 3. The molecule has 0 atom stereocenters. The van der Waals surface area contributed by atoms with Crippen LogP contribution in [-0.2, 0) is 21.0 Å². The van der Waals surface area contributed by atoms with Gasteiger partial charge in [0.15, 0.2) is 0 Å². The van der Waals surface area contributed by atoms with E-state index in [0.717, 1.165) is 42.5 Å². The van der Waals surface area contributed by atoms with Gasteiger partial charge in [0, 0.05) is 0 Å². The van der Waals surface area contributed by atoms with Crippen LogP contribution in [0.15, 0.2) is 77.7 Å². The number of methoxy groups -OCH3 is 1. The average Bonchev–Trinajstić information content (AvgIpc) is 2.78. The standard InChI is InChI=1S/C22H18F4N2O4S/c1-32-17-10-12-18(13-11-17)33(30,31)28(16-8-6-15(23)7-9-16)14-21(29)27-20-5-3-2-4-19(20)22(24,25)26/h2-13H,14H2,1H3,(H,27,29). The number of rotatable bonds is 7. The highest BCUT2D eigenvalue weighted by atomic mass is 32.2. The lowest BCUT2D eigenvalue weighted by molar-refractivity contribution is -0.137. The van der Waals surface area contributed by atoms with Crippen LogP contribution in [0.5, 0.6) is 5.75 Å². The average molecular weight is 482 g/mol. The Morgan fingerprint density at radius 1 is 0.970 bits per heavy atom. The zero-order chi connectivity index (χ0) is 24.2. The number of hydrogen-bond donors (Lipinski definition) is 1. The van der Waals surface area contributed by atoms with Crippen LogP contribution < -0.4 is 14.4 Å². The van der Waals surface area contributed by atoms with E-state index in [1.54, 1.807) is 0 Å². The fourth-order valence-electron chi connectivity index (χ4n) is 2.96. The van der Waals surface area contributed by atoms with E-state index in [0.29, 0.717) is 10.1 Å². The van der Waals surface area contributed by atoms with E-state index in [9.17, 15) is 30.8 Å². The minimum atomic E-state index is -4.73. The molecule has 6 nitrogen and oxygen atoms in total. The van der Waals surface area contributed by atoms with Crippen molar-refractivity contribution in [2.24, 2.45) is 0 Å². The maximum atomic E-state index is 13.4. The lowest BCUT2D eigenvalue weighted by atomic mass is 10.1. The highest BCUT2D eigenvalue weighted by molar-refractivity contribution is 7.92. The number of hydrogen-bond acceptors (Lipinski definition) is 4. The first-order valence-corrected chi connectivity index (χ1v) is 10.8. The molecule has 11 heteroatoms. The number of amides is 1. The molecular weight excluding hydrogens is 464 g/mol. The highest BCUT2D eigenvalue weighted by Crippen LogP contribution is 2.34. The number of nitrogens with zero attached hydrogens (tertiary/aromatic N) is 1. The minimum Gasteiger partial charge on any atom is -0.497 e. The maximum Gasteiger partial charge on any atom is 0.418 e. The van der Waals surface area contributed by atoms with E-state index in [2.05, 4.69) is 5.32 Å². The van der Waals surface area contributed by atoms with Gasteiger partial charge >= 0.3 is 6.18 Å². The maximum absolute atomic E-state index is 13.4. The molecule has 3 aromatic carbocycles. The minimum absolute atomic E-state index is 0.0496. The Hall–Kier alpha value is -3.60. The van der Waals surface area contributed by atoms with Crippen molar-refractivity contribution in [3.63, 3.8) is 0 Å². The van der Waals surface area contributed by atoms with Gasteiger partial charge in [-0.2, -0.15) is 13.2 Å². The van der Waals surface area contributed by atoms with E-state index < -0.39 is 45.7 Å². The van der Waals surface area contributed by atoms with Crippen molar-refractivity contribution in [3.05, 3.63) is 84.2 Å². The quantitative estimate of drug-likeness (QED) is 0.496. The first kappa shape index (κ1) is 24.1. The van der Waals surface area contributed by atoms with E-state index in [4.69, 9.17) is 4.74 Å². The van der Waals surface area contributed by atoms with Gasteiger partial charge in [-0.25, -0.2) is 12.8 Å². The normalized spacial score (nSPS) is 11.7. The van der Waals surface area contributed by atoms with Crippen LogP contribution in [0.4, 0.5) is 28.9 Å². The van der Waals surface area contributed by atoms with Gasteiger partial charge in [0.2, 0.25) is 5.91 Å². The van der Waals surface area contributed by atoms with Crippen LogP contribution in [0.25, 0.3) is 0 Å². The zero-order valence-electron chi connectivity index (χ0n) is 17.1. The number of para-hydroxylation sites is 1. The van der Waals surface area contributed by atoms with Gasteiger partial charge in [-0.15, -0.1) is 0 Å². The SMILES string of the molecule is COc1ccc(S(=O)(=O)N(CC(=O)Nc2ccccc2C(F)(F)F)c2ccc(F)cc2)cc1. The van der Waals surface area contributed by atoms with Crippen molar-refractivity contribution in [1.82, 2.24) is 0 Å². The summed E-state index contributed by atoms with van der Waals surface area (Å²) in [5.74, 6) is -1.26. The molecule has 0 heterocycles. The number of carbonyl (C=O) groups is 1. The fraction of sp³-hybridized carbons (Fsp3) is 0.136. The molecule has 0 unspecified atom stereocenters. The molecule has 3 rings (SSSR count). The molecule has 174 valence electrons. The summed E-state index contributed by atoms with van der Waals surface area (Å²) in [5.41, 5.74) is -1.65. The zero-order valence-corrected chi connectivity index (χ0v) is 18.0. The second-order valence-corrected chi connectivity index (χ2v) is 8.62. The third kappa shape index (κ3) is 5.61. The summed E-state index contributed by atoms with van der Waals surface area (Å²) in [4.78, 5) is 12.4. The van der Waals surface area contributed by atoms with E-state index >= 15 is 0 Å². The van der Waals surface area contributed by atoms with Gasteiger partial charge in [0.1, 0.15) is 18.1 Å². The molecule has 0 saturated carbocycles. The molecular formula is C22H18F4N2O4S. The Morgan fingerprint density at radius 2 is 1.58 bits per heavy atom. The number of carbonyl (C=O) groups excluding carboxylic acids is 1. The van der Waals surface area contributed by atoms with Gasteiger partial charge < -0.3 is 10.1 Å². The third-order valence-electron chi connectivity index (χ3n) is 4.56. The van der Waals surface area contributed by atoms with E-state index in [1.165, 1.54) is 37.4 Å². The molecule has 0 radical (unpaired) electrons. The summed E-state index contributed by atoms with van der Waals surface area (Å²) >= 11 is 0. The van der Waals surface area contributed by atoms with E-state index in [1.807, 2.05) is 0 Å². The molecule has 0 aliphatic rings. The Bertz CT molecular complexity index is 1230. The summed E-state index contributed by atoms with van der Waals surface area (Å²) in [7, 11) is -2.95. The first-order valence-electron chi connectivity index (χ1n) is 9.41. The Morgan fingerprint density at radius 3 is 2.15 bits per heavy atom.